The van der Waals surface area contributed by atoms with Crippen LogP contribution in [0.1, 0.15) is 78.3 Å². The Hall–Kier alpha value is -5.13. The van der Waals surface area contributed by atoms with Gasteiger partial charge in [0.2, 0.25) is 5.91 Å². The molecule has 0 spiro atoms. The van der Waals surface area contributed by atoms with Crippen LogP contribution in [0.2, 0.25) is 0 Å². The maximum atomic E-state index is 11.9. The molecule has 2 saturated heterocycles. The van der Waals surface area contributed by atoms with E-state index in [1.54, 1.807) is 19.2 Å². The number of piperidine rings is 2. The predicted octanol–water partition coefficient (Wildman–Crippen LogP) is 6.75. The second-order valence-corrected chi connectivity index (χ2v) is 14.3. The molecule has 293 valence electrons. The topological polar surface area (TPSA) is 115 Å². The number of likely N-dealkylation sites (tertiary alicyclic amines) is 1. The van der Waals surface area contributed by atoms with Crippen molar-refractivity contribution in [3.05, 3.63) is 119 Å². The number of carbonyl (C=O) groups is 3. The Morgan fingerprint density at radius 3 is 1.70 bits per heavy atom. The van der Waals surface area contributed by atoms with Gasteiger partial charge in [-0.1, -0.05) is 79.7 Å². The highest BCUT2D eigenvalue weighted by molar-refractivity contribution is 5.80. The van der Waals surface area contributed by atoms with Crippen LogP contribution in [0, 0.1) is 11.8 Å². The number of benzene rings is 4. The first-order chi connectivity index (χ1) is 26.9. The number of ether oxygens (including phenoxy) is 4. The summed E-state index contributed by atoms with van der Waals surface area (Å²) in [6.45, 7) is 7.92. The molecule has 3 radical (unpaired) electrons. The highest BCUT2D eigenvalue weighted by Crippen LogP contribution is 2.37. The number of amides is 1. The largest absolute Gasteiger partial charge is 0.485 e. The van der Waals surface area contributed by atoms with Crippen LogP contribution in [0.4, 0.5) is 0 Å². The van der Waals surface area contributed by atoms with Crippen molar-refractivity contribution in [3.63, 3.8) is 0 Å². The fourth-order valence-corrected chi connectivity index (χ4v) is 7.24. The van der Waals surface area contributed by atoms with E-state index < -0.39 is 0 Å². The number of carbonyl (C=O) groups excluding carboxylic acids is 3. The average Bonchev–Trinajstić information content (AvgIpc) is 3.27. The van der Waals surface area contributed by atoms with Crippen molar-refractivity contribution in [1.82, 2.24) is 15.5 Å². The molecule has 2 atom stereocenters. The number of nitrogens with zero attached hydrogens (tertiary/aromatic N) is 1. The molecular formula is C45H53BN3O7. The van der Waals surface area contributed by atoms with Gasteiger partial charge in [0, 0.05) is 45.8 Å². The molecule has 4 aliphatic rings. The van der Waals surface area contributed by atoms with Crippen LogP contribution in [0.15, 0.2) is 97.1 Å². The van der Waals surface area contributed by atoms with Gasteiger partial charge in [-0.05, 0) is 92.8 Å². The van der Waals surface area contributed by atoms with Gasteiger partial charge in [-0.3, -0.25) is 19.3 Å². The van der Waals surface area contributed by atoms with E-state index in [4.69, 9.17) is 18.9 Å². The standard InChI is InChI=1S/C23H27NO3.C15H12O3.C7H14N2O.B/c1-2-20(25)18-11-13-24(14-12-18)15-17-7-9-19(10-8-17)23-16-26-21-5-3-4-6-22(21)27-23;16-9-11-5-7-12(8-6-11)15-10-17-13-3-1-2-4-14(13)18-15;1-8-7(10)6-2-4-9-5-3-6;/h3-10,18,23H,2,11-16H2,1H3;1-9,15H,10H2;6,9H,2-5H2,1H3,(H,8,10);. The summed E-state index contributed by atoms with van der Waals surface area (Å²) in [4.78, 5) is 35.9. The van der Waals surface area contributed by atoms with E-state index in [1.165, 1.54) is 5.56 Å². The molecule has 0 bridgehead atoms. The number of ketones is 1. The molecule has 4 aliphatic heterocycles. The summed E-state index contributed by atoms with van der Waals surface area (Å²) >= 11 is 0. The van der Waals surface area contributed by atoms with Gasteiger partial charge in [0.05, 0.1) is 0 Å². The SMILES string of the molecule is CCC(=O)C1CCN(Cc2ccc(C3COc4ccccc4O3)cc2)CC1.CNC(=O)C1CCNCC1.O=Cc1ccc(C2COc3ccccc3O2)cc1.[B]. The maximum absolute atomic E-state index is 11.9. The quantitative estimate of drug-likeness (QED) is 0.149. The molecule has 10 nitrogen and oxygen atoms in total. The minimum absolute atomic E-state index is 0. The number of para-hydroxylation sites is 4. The normalized spacial score (nSPS) is 19.0. The lowest BCUT2D eigenvalue weighted by Gasteiger charge is -2.31. The molecule has 0 aliphatic carbocycles. The van der Waals surface area contributed by atoms with Gasteiger partial charge in [-0.2, -0.15) is 0 Å². The van der Waals surface area contributed by atoms with Gasteiger partial charge in [0.1, 0.15) is 25.3 Å². The van der Waals surface area contributed by atoms with Crippen LogP contribution < -0.4 is 29.6 Å². The van der Waals surface area contributed by atoms with Crippen LogP contribution in [0.25, 0.3) is 0 Å². The fraction of sp³-hybridized carbons (Fsp3) is 0.400. The van der Waals surface area contributed by atoms with E-state index in [-0.39, 0.29) is 38.4 Å². The van der Waals surface area contributed by atoms with Crippen molar-refractivity contribution >= 4 is 26.4 Å². The summed E-state index contributed by atoms with van der Waals surface area (Å²) in [5.41, 5.74) is 4.11. The summed E-state index contributed by atoms with van der Waals surface area (Å²) in [5.74, 6) is 4.31. The highest BCUT2D eigenvalue weighted by atomic mass is 16.6. The van der Waals surface area contributed by atoms with E-state index in [9.17, 15) is 14.4 Å². The van der Waals surface area contributed by atoms with Crippen molar-refractivity contribution in [3.8, 4) is 23.0 Å². The Balaban J connectivity index is 0.000000178. The first-order valence-corrected chi connectivity index (χ1v) is 19.5. The number of aldehydes is 1. The number of fused-ring (bicyclic) bond motifs is 2. The molecule has 56 heavy (non-hydrogen) atoms. The van der Waals surface area contributed by atoms with Crippen molar-refractivity contribution in [2.24, 2.45) is 11.8 Å². The van der Waals surface area contributed by atoms with Crippen LogP contribution in [0.5, 0.6) is 23.0 Å². The first-order valence-electron chi connectivity index (χ1n) is 19.5. The maximum Gasteiger partial charge on any atom is 0.222 e. The van der Waals surface area contributed by atoms with E-state index in [2.05, 4.69) is 39.8 Å². The Bertz CT molecular complexity index is 1840. The molecule has 1 amide bonds. The predicted molar refractivity (Wildman–Crippen MR) is 218 cm³/mol. The lowest BCUT2D eigenvalue weighted by Crippen LogP contribution is -2.36. The summed E-state index contributed by atoms with van der Waals surface area (Å²) in [6.07, 6.45) is 5.28. The molecule has 4 aromatic carbocycles. The Morgan fingerprint density at radius 1 is 0.714 bits per heavy atom. The zero-order valence-electron chi connectivity index (χ0n) is 32.5. The Kier molecular flexibility index (Phi) is 15.9. The Morgan fingerprint density at radius 2 is 1.21 bits per heavy atom. The zero-order chi connectivity index (χ0) is 38.4. The minimum atomic E-state index is -0.124. The molecule has 0 aromatic heterocycles. The van der Waals surface area contributed by atoms with Gasteiger partial charge in [-0.25, -0.2) is 0 Å². The summed E-state index contributed by atoms with van der Waals surface area (Å²) in [6, 6.07) is 31.4. The van der Waals surface area contributed by atoms with Gasteiger partial charge in [0.15, 0.2) is 35.2 Å². The fourth-order valence-electron chi connectivity index (χ4n) is 7.24. The number of rotatable bonds is 8. The number of hydrogen-bond acceptors (Lipinski definition) is 9. The van der Waals surface area contributed by atoms with Crippen LogP contribution >= 0.6 is 0 Å². The van der Waals surface area contributed by atoms with Crippen LogP contribution in [0.3, 0.4) is 0 Å². The van der Waals surface area contributed by atoms with Gasteiger partial charge in [0.25, 0.3) is 0 Å². The van der Waals surface area contributed by atoms with Crippen molar-refractivity contribution in [2.75, 3.05) is 46.4 Å². The van der Waals surface area contributed by atoms with Gasteiger partial charge in [-0.15, -0.1) is 0 Å². The van der Waals surface area contributed by atoms with Gasteiger partial charge < -0.3 is 29.6 Å². The lowest BCUT2D eigenvalue weighted by molar-refractivity contribution is -0.125. The third kappa shape index (κ3) is 11.5. The molecule has 11 heteroatoms. The molecule has 2 unspecified atom stereocenters. The van der Waals surface area contributed by atoms with E-state index in [0.29, 0.717) is 31.0 Å². The van der Waals surface area contributed by atoms with Crippen molar-refractivity contribution in [2.45, 2.75) is 57.8 Å². The van der Waals surface area contributed by atoms with Crippen LogP contribution in [-0.4, -0.2) is 77.7 Å². The molecule has 4 heterocycles. The Labute approximate surface area is 332 Å². The molecule has 8 rings (SSSR count). The summed E-state index contributed by atoms with van der Waals surface area (Å²) < 4.78 is 23.4. The first kappa shape index (κ1) is 42.0. The third-order valence-electron chi connectivity index (χ3n) is 10.6. The zero-order valence-corrected chi connectivity index (χ0v) is 32.5. The molecule has 4 aromatic rings. The molecule has 0 saturated carbocycles. The summed E-state index contributed by atoms with van der Waals surface area (Å²) in [7, 11) is 1.70. The number of hydrogen-bond donors (Lipinski definition) is 2. The monoisotopic (exact) mass is 758 g/mol. The van der Waals surface area contributed by atoms with E-state index >= 15 is 0 Å². The smallest absolute Gasteiger partial charge is 0.222 e. The van der Waals surface area contributed by atoms with Gasteiger partial charge >= 0.3 is 0 Å². The second-order valence-electron chi connectivity index (χ2n) is 14.3. The molecular weight excluding hydrogens is 705 g/mol. The lowest BCUT2D eigenvalue weighted by atomic mass is 9.91. The summed E-state index contributed by atoms with van der Waals surface area (Å²) in [5, 5.41) is 5.88. The molecule has 2 fully saturated rings. The van der Waals surface area contributed by atoms with Crippen molar-refractivity contribution < 1.29 is 33.3 Å². The highest BCUT2D eigenvalue weighted by Gasteiger charge is 2.25. The van der Waals surface area contributed by atoms with Crippen molar-refractivity contribution in [1.29, 1.82) is 0 Å². The minimum Gasteiger partial charge on any atom is -0.485 e. The molecule has 2 N–H and O–H groups in total. The number of Topliss-reactive ketones (excluding diaryl/α,β-unsaturated/α-hetero) is 1. The number of nitrogens with one attached hydrogen (secondary N) is 2. The third-order valence-corrected chi connectivity index (χ3v) is 10.6. The van der Waals surface area contributed by atoms with Crippen LogP contribution in [-0.2, 0) is 16.1 Å². The average molecular weight is 759 g/mol. The second kappa shape index (κ2) is 21.3. The van der Waals surface area contributed by atoms with E-state index in [1.807, 2.05) is 67.6 Å². The van der Waals surface area contributed by atoms with E-state index in [0.717, 1.165) is 98.8 Å².